The van der Waals surface area contributed by atoms with Crippen LogP contribution in [0.1, 0.15) is 11.4 Å². The summed E-state index contributed by atoms with van der Waals surface area (Å²) in [4.78, 5) is 29.4. The first-order valence-corrected chi connectivity index (χ1v) is 8.90. The topological polar surface area (TPSA) is 81.8 Å². The monoisotopic (exact) mass is 373 g/mol. The summed E-state index contributed by atoms with van der Waals surface area (Å²) in [5, 5.41) is 7.89. The van der Waals surface area contributed by atoms with Gasteiger partial charge < -0.3 is 5.32 Å². The second-order valence-electron chi connectivity index (χ2n) is 6.54. The molecule has 7 heteroatoms. The molecule has 0 saturated carbocycles. The molecule has 0 aliphatic rings. The molecule has 4 aromatic rings. The maximum Gasteiger partial charge on any atom is 0.261 e. The molecule has 0 spiro atoms. The normalized spacial score (nSPS) is 10.9. The second kappa shape index (κ2) is 7.11. The zero-order valence-corrected chi connectivity index (χ0v) is 15.6. The summed E-state index contributed by atoms with van der Waals surface area (Å²) < 4.78 is 3.10. The summed E-state index contributed by atoms with van der Waals surface area (Å²) in [6, 6.07) is 16.8. The average Bonchev–Trinajstić information content (AvgIpc) is 2.99. The molecule has 2 aromatic carbocycles. The van der Waals surface area contributed by atoms with Gasteiger partial charge in [0.05, 0.1) is 40.0 Å². The third kappa shape index (κ3) is 3.18. The van der Waals surface area contributed by atoms with Gasteiger partial charge in [-0.2, -0.15) is 5.10 Å². The van der Waals surface area contributed by atoms with Crippen molar-refractivity contribution >= 4 is 22.5 Å². The van der Waals surface area contributed by atoms with Gasteiger partial charge in [0.25, 0.3) is 5.56 Å². The van der Waals surface area contributed by atoms with Gasteiger partial charge in [-0.1, -0.05) is 30.3 Å². The Morgan fingerprint density at radius 1 is 1.04 bits per heavy atom. The molecule has 28 heavy (non-hydrogen) atoms. The number of anilines is 1. The molecule has 140 valence electrons. The lowest BCUT2D eigenvalue weighted by atomic mass is 10.2. The zero-order valence-electron chi connectivity index (χ0n) is 15.6. The van der Waals surface area contributed by atoms with Crippen LogP contribution in [0, 0.1) is 13.8 Å². The molecule has 7 nitrogen and oxygen atoms in total. The quantitative estimate of drug-likeness (QED) is 0.596. The lowest BCUT2D eigenvalue weighted by molar-refractivity contribution is -0.116. The molecule has 2 heterocycles. The van der Waals surface area contributed by atoms with Crippen LogP contribution in [0.15, 0.2) is 65.7 Å². The SMILES string of the molecule is Cc1nn(-c2ccccc2)c(C)c1NC(=O)Cn1cnc2ccccc2c1=O. The highest BCUT2D eigenvalue weighted by molar-refractivity contribution is 5.92. The molecular formula is C21H19N5O2. The minimum atomic E-state index is -0.307. The minimum Gasteiger partial charge on any atom is -0.321 e. The number of para-hydroxylation sites is 2. The van der Waals surface area contributed by atoms with E-state index in [0.717, 1.165) is 11.4 Å². The van der Waals surface area contributed by atoms with Crippen molar-refractivity contribution in [1.29, 1.82) is 0 Å². The number of amides is 1. The van der Waals surface area contributed by atoms with E-state index in [0.29, 0.717) is 22.3 Å². The van der Waals surface area contributed by atoms with Crippen molar-refractivity contribution in [2.24, 2.45) is 0 Å². The number of nitrogens with one attached hydrogen (secondary N) is 1. The van der Waals surface area contributed by atoms with Gasteiger partial charge in [-0.05, 0) is 38.1 Å². The van der Waals surface area contributed by atoms with Crippen LogP contribution in [0.4, 0.5) is 5.69 Å². The number of benzene rings is 2. The molecule has 1 N–H and O–H groups in total. The van der Waals surface area contributed by atoms with Crippen LogP contribution in [0.25, 0.3) is 16.6 Å². The van der Waals surface area contributed by atoms with E-state index >= 15 is 0 Å². The fourth-order valence-electron chi connectivity index (χ4n) is 3.20. The number of aryl methyl sites for hydroxylation is 1. The van der Waals surface area contributed by atoms with Gasteiger partial charge in [0, 0.05) is 0 Å². The maximum atomic E-state index is 12.6. The van der Waals surface area contributed by atoms with Crippen LogP contribution in [0.2, 0.25) is 0 Å². The summed E-state index contributed by atoms with van der Waals surface area (Å²) in [6.45, 7) is 3.62. The maximum absolute atomic E-state index is 12.6. The van der Waals surface area contributed by atoms with Gasteiger partial charge in [-0.25, -0.2) is 9.67 Å². The number of carbonyl (C=O) groups excluding carboxylic acids is 1. The minimum absolute atomic E-state index is 0.119. The number of hydrogen-bond acceptors (Lipinski definition) is 4. The van der Waals surface area contributed by atoms with Crippen LogP contribution >= 0.6 is 0 Å². The van der Waals surface area contributed by atoms with Crippen molar-refractivity contribution in [2.75, 3.05) is 5.32 Å². The first kappa shape index (κ1) is 17.7. The average molecular weight is 373 g/mol. The Morgan fingerprint density at radius 2 is 1.75 bits per heavy atom. The van der Waals surface area contributed by atoms with Crippen LogP contribution < -0.4 is 10.9 Å². The number of aromatic nitrogens is 4. The lowest BCUT2D eigenvalue weighted by Crippen LogP contribution is -2.28. The fraction of sp³-hybridized carbons (Fsp3) is 0.143. The molecule has 0 aliphatic carbocycles. The molecule has 0 unspecified atom stereocenters. The molecule has 0 bridgehead atoms. The van der Waals surface area contributed by atoms with Crippen molar-refractivity contribution in [1.82, 2.24) is 19.3 Å². The highest BCUT2D eigenvalue weighted by atomic mass is 16.2. The van der Waals surface area contributed by atoms with E-state index in [-0.39, 0.29) is 18.0 Å². The molecular weight excluding hydrogens is 354 g/mol. The smallest absolute Gasteiger partial charge is 0.261 e. The van der Waals surface area contributed by atoms with Gasteiger partial charge in [-0.15, -0.1) is 0 Å². The van der Waals surface area contributed by atoms with Crippen molar-refractivity contribution in [3.63, 3.8) is 0 Å². The number of rotatable bonds is 4. The number of fused-ring (bicyclic) bond motifs is 1. The van der Waals surface area contributed by atoms with Crippen molar-refractivity contribution in [3.8, 4) is 5.69 Å². The molecule has 0 atom stereocenters. The summed E-state index contributed by atoms with van der Waals surface area (Å²) in [5.41, 5.74) is 3.46. The highest BCUT2D eigenvalue weighted by Gasteiger charge is 2.16. The van der Waals surface area contributed by atoms with Crippen molar-refractivity contribution in [2.45, 2.75) is 20.4 Å². The standard InChI is InChI=1S/C21H19N5O2/c1-14-20(15(2)26(24-14)16-8-4-3-5-9-16)23-19(27)12-25-13-22-18-11-7-6-10-17(18)21(25)28/h3-11,13H,12H2,1-2H3,(H,23,27). The van der Waals surface area contributed by atoms with E-state index in [1.807, 2.05) is 50.2 Å². The lowest BCUT2D eigenvalue weighted by Gasteiger charge is -2.09. The van der Waals surface area contributed by atoms with Gasteiger partial charge in [0.15, 0.2) is 0 Å². The fourth-order valence-corrected chi connectivity index (χ4v) is 3.20. The van der Waals surface area contributed by atoms with E-state index in [4.69, 9.17) is 0 Å². The summed E-state index contributed by atoms with van der Waals surface area (Å²) in [7, 11) is 0. The van der Waals surface area contributed by atoms with Crippen molar-refractivity contribution in [3.05, 3.63) is 82.7 Å². The second-order valence-corrected chi connectivity index (χ2v) is 6.54. The summed E-state index contributed by atoms with van der Waals surface area (Å²) in [6.07, 6.45) is 1.40. The van der Waals surface area contributed by atoms with E-state index in [1.54, 1.807) is 22.9 Å². The Kier molecular flexibility index (Phi) is 4.49. The first-order valence-electron chi connectivity index (χ1n) is 8.90. The van der Waals surface area contributed by atoms with Crippen molar-refractivity contribution < 1.29 is 4.79 Å². The van der Waals surface area contributed by atoms with Gasteiger partial charge >= 0.3 is 0 Å². The number of carbonyl (C=O) groups is 1. The summed E-state index contributed by atoms with van der Waals surface area (Å²) >= 11 is 0. The molecule has 0 aliphatic heterocycles. The highest BCUT2D eigenvalue weighted by Crippen LogP contribution is 2.22. The third-order valence-corrected chi connectivity index (χ3v) is 4.60. The Morgan fingerprint density at radius 3 is 2.54 bits per heavy atom. The van der Waals surface area contributed by atoms with Crippen LogP contribution in [-0.2, 0) is 11.3 Å². The largest absolute Gasteiger partial charge is 0.321 e. The van der Waals surface area contributed by atoms with E-state index in [1.165, 1.54) is 10.9 Å². The molecule has 0 saturated heterocycles. The number of hydrogen-bond donors (Lipinski definition) is 1. The molecule has 2 aromatic heterocycles. The molecule has 1 amide bonds. The predicted molar refractivity (Wildman–Crippen MR) is 108 cm³/mol. The van der Waals surface area contributed by atoms with Crippen LogP contribution in [0.3, 0.4) is 0 Å². The van der Waals surface area contributed by atoms with E-state index in [9.17, 15) is 9.59 Å². The molecule has 4 rings (SSSR count). The van der Waals surface area contributed by atoms with E-state index < -0.39 is 0 Å². The van der Waals surface area contributed by atoms with Gasteiger partial charge in [-0.3, -0.25) is 14.2 Å². The van der Waals surface area contributed by atoms with Crippen LogP contribution in [0.5, 0.6) is 0 Å². The Labute approximate surface area is 161 Å². The predicted octanol–water partition coefficient (Wildman–Crippen LogP) is 2.84. The third-order valence-electron chi connectivity index (χ3n) is 4.60. The number of nitrogens with zero attached hydrogens (tertiary/aromatic N) is 4. The molecule has 0 radical (unpaired) electrons. The Bertz CT molecular complexity index is 1220. The van der Waals surface area contributed by atoms with E-state index in [2.05, 4.69) is 15.4 Å². The summed E-state index contributed by atoms with van der Waals surface area (Å²) in [5.74, 6) is -0.307. The van der Waals surface area contributed by atoms with Gasteiger partial charge in [0.1, 0.15) is 6.54 Å². The first-order chi connectivity index (χ1) is 13.5. The Hall–Kier alpha value is -3.74. The van der Waals surface area contributed by atoms with Gasteiger partial charge in [0.2, 0.25) is 5.91 Å². The Balaban J connectivity index is 1.59. The van der Waals surface area contributed by atoms with Crippen LogP contribution in [-0.4, -0.2) is 25.2 Å². The molecule has 0 fully saturated rings. The zero-order chi connectivity index (χ0) is 19.7.